The smallest absolute Gasteiger partial charge is 0.157 e. The van der Waals surface area contributed by atoms with Crippen LogP contribution in [0.1, 0.15) is 0 Å². The minimum absolute atomic E-state index is 0.0886. The van der Waals surface area contributed by atoms with E-state index in [1.54, 1.807) is 18.3 Å². The molecule has 0 spiro atoms. The molecular formula is C21H15NO2S2. The first-order chi connectivity index (χ1) is 12.7. The van der Waals surface area contributed by atoms with Gasteiger partial charge < -0.3 is 10.2 Å². The highest BCUT2D eigenvalue weighted by Gasteiger charge is 2.21. The summed E-state index contributed by atoms with van der Waals surface area (Å²) in [5, 5.41) is 22.3. The lowest BCUT2D eigenvalue weighted by Crippen LogP contribution is -1.88. The largest absolute Gasteiger partial charge is 0.506 e. The Balaban J connectivity index is 1.91. The third kappa shape index (κ3) is 3.23. The van der Waals surface area contributed by atoms with Crippen molar-refractivity contribution in [3.8, 4) is 11.5 Å². The summed E-state index contributed by atoms with van der Waals surface area (Å²) in [4.78, 5) is 7.46. The second kappa shape index (κ2) is 7.32. The number of benzene rings is 3. The SMILES string of the molecule is Oc1c(Sc2ccccc2)c(Sc2ccccc2)c(O)c2ncccc12. The molecule has 1 aromatic heterocycles. The van der Waals surface area contributed by atoms with E-state index >= 15 is 0 Å². The number of hydrogen-bond donors (Lipinski definition) is 2. The maximum absolute atomic E-state index is 10.9. The number of nitrogens with zero attached hydrogens (tertiary/aromatic N) is 1. The lowest BCUT2D eigenvalue weighted by atomic mass is 10.2. The standard InChI is InChI=1S/C21H15NO2S2/c23-18-16-12-7-13-22-17(16)19(24)21(26-15-10-5-2-6-11-15)20(18)25-14-8-3-1-4-9-14/h1-13,23-24H. The van der Waals surface area contributed by atoms with Crippen LogP contribution in [0.4, 0.5) is 0 Å². The molecule has 1 heterocycles. The van der Waals surface area contributed by atoms with Crippen LogP contribution in [-0.4, -0.2) is 15.2 Å². The molecule has 0 fully saturated rings. The fourth-order valence-corrected chi connectivity index (χ4v) is 4.72. The summed E-state index contributed by atoms with van der Waals surface area (Å²) in [6, 6.07) is 23.1. The summed E-state index contributed by atoms with van der Waals surface area (Å²) in [7, 11) is 0. The van der Waals surface area contributed by atoms with E-state index in [0.717, 1.165) is 9.79 Å². The minimum Gasteiger partial charge on any atom is -0.506 e. The van der Waals surface area contributed by atoms with Gasteiger partial charge in [-0.1, -0.05) is 59.9 Å². The highest BCUT2D eigenvalue weighted by molar-refractivity contribution is 8.02. The highest BCUT2D eigenvalue weighted by Crippen LogP contribution is 2.51. The van der Waals surface area contributed by atoms with Gasteiger partial charge in [0, 0.05) is 21.4 Å². The summed E-state index contributed by atoms with van der Waals surface area (Å²) in [6.07, 6.45) is 1.61. The average Bonchev–Trinajstić information content (AvgIpc) is 2.70. The van der Waals surface area contributed by atoms with Crippen LogP contribution < -0.4 is 0 Å². The Kier molecular flexibility index (Phi) is 4.73. The normalized spacial score (nSPS) is 10.9. The zero-order valence-corrected chi connectivity index (χ0v) is 15.3. The Morgan fingerprint density at radius 2 is 1.15 bits per heavy atom. The number of rotatable bonds is 4. The fourth-order valence-electron chi connectivity index (χ4n) is 2.63. The summed E-state index contributed by atoms with van der Waals surface area (Å²) >= 11 is 2.85. The molecule has 0 atom stereocenters. The molecule has 3 aromatic carbocycles. The van der Waals surface area contributed by atoms with Gasteiger partial charge in [-0.2, -0.15) is 0 Å². The van der Waals surface area contributed by atoms with E-state index in [0.29, 0.717) is 20.7 Å². The summed E-state index contributed by atoms with van der Waals surface area (Å²) in [6.45, 7) is 0. The third-order valence-corrected chi connectivity index (χ3v) is 6.20. The molecule has 2 N–H and O–H groups in total. The van der Waals surface area contributed by atoms with Gasteiger partial charge in [-0.3, -0.25) is 4.98 Å². The quantitative estimate of drug-likeness (QED) is 0.431. The van der Waals surface area contributed by atoms with Crippen molar-refractivity contribution in [2.45, 2.75) is 19.6 Å². The molecule has 5 heteroatoms. The maximum atomic E-state index is 10.9. The fraction of sp³-hybridized carbons (Fsp3) is 0. The lowest BCUT2D eigenvalue weighted by Gasteiger charge is -2.15. The number of phenolic OH excluding ortho intramolecular Hbond substituents is 2. The molecular weight excluding hydrogens is 362 g/mol. The summed E-state index contributed by atoms with van der Waals surface area (Å²) < 4.78 is 0. The Bertz CT molecular complexity index is 968. The van der Waals surface area contributed by atoms with Gasteiger partial charge in [-0.05, 0) is 36.4 Å². The zero-order valence-electron chi connectivity index (χ0n) is 13.7. The van der Waals surface area contributed by atoms with E-state index in [1.807, 2.05) is 60.7 Å². The predicted molar refractivity (Wildman–Crippen MR) is 106 cm³/mol. The molecule has 0 aliphatic carbocycles. The van der Waals surface area contributed by atoms with Crippen LogP contribution in [0, 0.1) is 0 Å². The molecule has 0 radical (unpaired) electrons. The van der Waals surface area contributed by atoms with Crippen LogP contribution in [0.3, 0.4) is 0 Å². The Hall–Kier alpha value is -2.63. The third-order valence-electron chi connectivity index (χ3n) is 3.85. The number of pyridine rings is 1. The summed E-state index contributed by atoms with van der Waals surface area (Å²) in [5.74, 6) is 0.226. The van der Waals surface area contributed by atoms with Crippen molar-refractivity contribution in [2.75, 3.05) is 0 Å². The van der Waals surface area contributed by atoms with Crippen molar-refractivity contribution in [3.05, 3.63) is 79.0 Å². The van der Waals surface area contributed by atoms with Crippen LogP contribution in [0.25, 0.3) is 10.9 Å². The first-order valence-electron chi connectivity index (χ1n) is 8.02. The first-order valence-corrected chi connectivity index (χ1v) is 9.66. The van der Waals surface area contributed by atoms with Crippen molar-refractivity contribution in [3.63, 3.8) is 0 Å². The van der Waals surface area contributed by atoms with E-state index in [4.69, 9.17) is 0 Å². The molecule has 0 unspecified atom stereocenters. The second-order valence-corrected chi connectivity index (χ2v) is 7.75. The number of fused-ring (bicyclic) bond motifs is 1. The van der Waals surface area contributed by atoms with Gasteiger partial charge in [0.05, 0.1) is 9.79 Å². The number of phenols is 2. The van der Waals surface area contributed by atoms with E-state index in [2.05, 4.69) is 4.98 Å². The van der Waals surface area contributed by atoms with Crippen molar-refractivity contribution >= 4 is 34.4 Å². The molecule has 128 valence electrons. The van der Waals surface area contributed by atoms with E-state index in [-0.39, 0.29) is 11.5 Å². The molecule has 0 saturated heterocycles. The van der Waals surface area contributed by atoms with E-state index < -0.39 is 0 Å². The van der Waals surface area contributed by atoms with Crippen molar-refractivity contribution in [1.29, 1.82) is 0 Å². The predicted octanol–water partition coefficient (Wildman–Crippen LogP) is 5.95. The van der Waals surface area contributed by atoms with Crippen LogP contribution in [0.15, 0.2) is 98.6 Å². The van der Waals surface area contributed by atoms with E-state index in [1.165, 1.54) is 23.5 Å². The topological polar surface area (TPSA) is 53.4 Å². The molecule has 26 heavy (non-hydrogen) atoms. The van der Waals surface area contributed by atoms with Crippen LogP contribution >= 0.6 is 23.5 Å². The van der Waals surface area contributed by atoms with Gasteiger partial charge in [-0.15, -0.1) is 0 Å². The molecule has 4 aromatic rings. The molecule has 3 nitrogen and oxygen atoms in total. The average molecular weight is 377 g/mol. The van der Waals surface area contributed by atoms with Crippen LogP contribution in [0.5, 0.6) is 11.5 Å². The van der Waals surface area contributed by atoms with Gasteiger partial charge in [0.1, 0.15) is 11.3 Å². The monoisotopic (exact) mass is 377 g/mol. The lowest BCUT2D eigenvalue weighted by molar-refractivity contribution is 0.444. The Morgan fingerprint density at radius 1 is 0.615 bits per heavy atom. The first kappa shape index (κ1) is 16.8. The summed E-state index contributed by atoms with van der Waals surface area (Å²) in [5.41, 5.74) is 0.404. The van der Waals surface area contributed by atoms with Gasteiger partial charge in [0.25, 0.3) is 0 Å². The zero-order chi connectivity index (χ0) is 17.9. The number of aromatic hydroxyl groups is 2. The highest BCUT2D eigenvalue weighted by atomic mass is 32.2. The molecule has 0 saturated carbocycles. The molecule has 0 bridgehead atoms. The molecule has 0 aliphatic rings. The second-order valence-electron chi connectivity index (χ2n) is 5.59. The van der Waals surface area contributed by atoms with Gasteiger partial charge in [0.2, 0.25) is 0 Å². The molecule has 0 amide bonds. The Morgan fingerprint density at radius 3 is 1.73 bits per heavy atom. The van der Waals surface area contributed by atoms with Gasteiger partial charge in [-0.25, -0.2) is 0 Å². The van der Waals surface area contributed by atoms with Crippen molar-refractivity contribution < 1.29 is 10.2 Å². The molecule has 0 aliphatic heterocycles. The van der Waals surface area contributed by atoms with Gasteiger partial charge >= 0.3 is 0 Å². The van der Waals surface area contributed by atoms with Crippen molar-refractivity contribution in [2.24, 2.45) is 0 Å². The van der Waals surface area contributed by atoms with Crippen LogP contribution in [-0.2, 0) is 0 Å². The minimum atomic E-state index is 0.0886. The van der Waals surface area contributed by atoms with Crippen LogP contribution in [0.2, 0.25) is 0 Å². The van der Waals surface area contributed by atoms with Gasteiger partial charge in [0.15, 0.2) is 5.75 Å². The Labute approximate surface area is 159 Å². The molecule has 4 rings (SSSR count). The maximum Gasteiger partial charge on any atom is 0.157 e. The van der Waals surface area contributed by atoms with Crippen molar-refractivity contribution in [1.82, 2.24) is 4.98 Å². The van der Waals surface area contributed by atoms with E-state index in [9.17, 15) is 10.2 Å². The number of aromatic nitrogens is 1. The number of hydrogen-bond acceptors (Lipinski definition) is 5.